The molecule has 0 bridgehead atoms. The fourth-order valence-corrected chi connectivity index (χ4v) is 1.85. The van der Waals surface area contributed by atoms with Gasteiger partial charge in [0.2, 0.25) is 5.91 Å². The highest BCUT2D eigenvalue weighted by Gasteiger charge is 2.16. The van der Waals surface area contributed by atoms with Crippen molar-refractivity contribution in [3.8, 4) is 0 Å². The molecule has 116 valence electrons. The molecule has 0 spiro atoms. The smallest absolute Gasteiger partial charge is 0.325 e. The number of carbonyl (C=O) groups is 2. The van der Waals surface area contributed by atoms with Crippen molar-refractivity contribution in [2.45, 2.75) is 19.4 Å². The largest absolute Gasteiger partial charge is 0.468 e. The molecule has 0 aliphatic rings. The first-order valence-corrected chi connectivity index (χ1v) is 6.74. The minimum atomic E-state index is -0.489. The van der Waals surface area contributed by atoms with Gasteiger partial charge < -0.3 is 10.1 Å². The molecule has 0 heterocycles. The molecule has 1 atom stereocenters. The minimum absolute atomic E-state index is 0.137. The van der Waals surface area contributed by atoms with Crippen LogP contribution in [-0.4, -0.2) is 44.0 Å². The Morgan fingerprint density at radius 3 is 2.67 bits per heavy atom. The average molecular weight is 296 g/mol. The third kappa shape index (κ3) is 5.51. The Hall–Kier alpha value is -1.95. The molecule has 1 unspecified atom stereocenters. The van der Waals surface area contributed by atoms with Crippen LogP contribution in [0.25, 0.3) is 0 Å². The Morgan fingerprint density at radius 2 is 2.05 bits per heavy atom. The Labute approximate surface area is 124 Å². The lowest BCUT2D eigenvalue weighted by Gasteiger charge is -2.25. The van der Waals surface area contributed by atoms with Gasteiger partial charge in [-0.25, -0.2) is 4.39 Å². The molecule has 0 fully saturated rings. The van der Waals surface area contributed by atoms with E-state index < -0.39 is 5.97 Å². The van der Waals surface area contributed by atoms with Gasteiger partial charge in [-0.2, -0.15) is 0 Å². The van der Waals surface area contributed by atoms with Crippen LogP contribution in [0.5, 0.6) is 0 Å². The maximum Gasteiger partial charge on any atom is 0.325 e. The van der Waals surface area contributed by atoms with Gasteiger partial charge in [0.15, 0.2) is 0 Å². The number of esters is 1. The number of hydrogen-bond acceptors (Lipinski definition) is 4. The number of methoxy groups -OCH3 is 1. The third-order valence-corrected chi connectivity index (χ3v) is 3.37. The van der Waals surface area contributed by atoms with E-state index in [4.69, 9.17) is 0 Å². The second kappa shape index (κ2) is 8.36. The van der Waals surface area contributed by atoms with Crippen LogP contribution in [0.2, 0.25) is 0 Å². The van der Waals surface area contributed by atoms with Crippen molar-refractivity contribution < 1.29 is 18.7 Å². The van der Waals surface area contributed by atoms with Gasteiger partial charge in [-0.1, -0.05) is 18.2 Å². The van der Waals surface area contributed by atoms with Crippen LogP contribution >= 0.6 is 0 Å². The van der Waals surface area contributed by atoms with E-state index >= 15 is 0 Å². The monoisotopic (exact) mass is 296 g/mol. The lowest BCUT2D eigenvalue weighted by atomic mass is 10.1. The van der Waals surface area contributed by atoms with Crippen molar-refractivity contribution in [3.05, 3.63) is 35.6 Å². The second-order valence-electron chi connectivity index (χ2n) is 4.78. The maximum atomic E-state index is 13.7. The van der Waals surface area contributed by atoms with Gasteiger partial charge in [-0.15, -0.1) is 0 Å². The predicted octanol–water partition coefficient (Wildman–Crippen LogP) is 1.50. The van der Waals surface area contributed by atoms with Gasteiger partial charge in [0, 0.05) is 24.6 Å². The van der Waals surface area contributed by atoms with Gasteiger partial charge in [-0.3, -0.25) is 14.5 Å². The predicted molar refractivity (Wildman–Crippen MR) is 77.1 cm³/mol. The molecule has 6 heteroatoms. The van der Waals surface area contributed by atoms with Crippen molar-refractivity contribution in [1.82, 2.24) is 10.2 Å². The summed E-state index contributed by atoms with van der Waals surface area (Å²) in [6, 6.07) is 6.44. The first kappa shape index (κ1) is 17.1. The molecule has 0 saturated heterocycles. The normalized spacial score (nSPS) is 12.0. The van der Waals surface area contributed by atoms with Crippen LogP contribution in [0.3, 0.4) is 0 Å². The number of nitrogens with zero attached hydrogens (tertiary/aromatic N) is 1. The third-order valence-electron chi connectivity index (χ3n) is 3.37. The number of amides is 1. The van der Waals surface area contributed by atoms with E-state index in [1.165, 1.54) is 13.2 Å². The van der Waals surface area contributed by atoms with Crippen LogP contribution in [-0.2, 0) is 14.3 Å². The quantitative estimate of drug-likeness (QED) is 0.775. The summed E-state index contributed by atoms with van der Waals surface area (Å²) >= 11 is 0. The topological polar surface area (TPSA) is 58.6 Å². The van der Waals surface area contributed by atoms with Gasteiger partial charge in [0.1, 0.15) is 12.4 Å². The SMILES string of the molecule is COC(=O)CNC(=O)CCN(C)C(C)c1ccccc1F. The first-order valence-electron chi connectivity index (χ1n) is 6.74. The lowest BCUT2D eigenvalue weighted by molar-refractivity contribution is -0.141. The van der Waals surface area contributed by atoms with Crippen molar-refractivity contribution in [2.75, 3.05) is 27.2 Å². The van der Waals surface area contributed by atoms with Crippen molar-refractivity contribution >= 4 is 11.9 Å². The van der Waals surface area contributed by atoms with Gasteiger partial charge in [-0.05, 0) is 20.0 Å². The molecule has 1 N–H and O–H groups in total. The van der Waals surface area contributed by atoms with E-state index in [0.29, 0.717) is 12.1 Å². The summed E-state index contributed by atoms with van der Waals surface area (Å²) in [5, 5.41) is 2.46. The molecule has 0 aliphatic carbocycles. The number of carbonyl (C=O) groups excluding carboxylic acids is 2. The Kier molecular flexibility index (Phi) is 6.81. The molecular formula is C15H21FN2O3. The Morgan fingerprint density at radius 1 is 1.38 bits per heavy atom. The summed E-state index contributed by atoms with van der Waals surface area (Å²) in [6.45, 7) is 2.20. The molecule has 0 radical (unpaired) electrons. The fraction of sp³-hybridized carbons (Fsp3) is 0.467. The highest BCUT2D eigenvalue weighted by atomic mass is 19.1. The summed E-state index contributed by atoms with van der Waals surface area (Å²) < 4.78 is 18.1. The number of benzene rings is 1. The minimum Gasteiger partial charge on any atom is -0.468 e. The van der Waals surface area contributed by atoms with Crippen LogP contribution < -0.4 is 5.32 Å². The molecule has 0 saturated carbocycles. The van der Waals surface area contributed by atoms with Crippen LogP contribution in [0, 0.1) is 5.82 Å². The van der Waals surface area contributed by atoms with Gasteiger partial charge >= 0.3 is 5.97 Å². The molecule has 1 aromatic rings. The lowest BCUT2D eigenvalue weighted by Crippen LogP contribution is -2.33. The summed E-state index contributed by atoms with van der Waals surface area (Å²) in [7, 11) is 3.09. The van der Waals surface area contributed by atoms with Crippen LogP contribution in [0.4, 0.5) is 4.39 Å². The van der Waals surface area contributed by atoms with E-state index in [9.17, 15) is 14.0 Å². The zero-order valence-electron chi connectivity index (χ0n) is 12.6. The van der Waals surface area contributed by atoms with E-state index in [-0.39, 0.29) is 30.7 Å². The highest BCUT2D eigenvalue weighted by Crippen LogP contribution is 2.21. The van der Waals surface area contributed by atoms with Crippen molar-refractivity contribution in [1.29, 1.82) is 0 Å². The van der Waals surface area contributed by atoms with Gasteiger partial charge in [0.25, 0.3) is 0 Å². The zero-order chi connectivity index (χ0) is 15.8. The molecule has 5 nitrogen and oxygen atoms in total. The second-order valence-corrected chi connectivity index (χ2v) is 4.78. The van der Waals surface area contributed by atoms with E-state index in [1.807, 2.05) is 18.9 Å². The Bertz CT molecular complexity index is 494. The Balaban J connectivity index is 2.43. The number of ether oxygens (including phenoxy) is 1. The van der Waals surface area contributed by atoms with E-state index in [0.717, 1.165) is 0 Å². The maximum absolute atomic E-state index is 13.7. The molecule has 1 rings (SSSR count). The first-order chi connectivity index (χ1) is 9.95. The number of hydrogen-bond donors (Lipinski definition) is 1. The van der Waals surface area contributed by atoms with Crippen molar-refractivity contribution in [3.63, 3.8) is 0 Å². The van der Waals surface area contributed by atoms with Crippen molar-refractivity contribution in [2.24, 2.45) is 0 Å². The highest BCUT2D eigenvalue weighted by molar-refractivity contribution is 5.81. The van der Waals surface area contributed by atoms with Gasteiger partial charge in [0.05, 0.1) is 7.11 Å². The molecule has 1 aromatic carbocycles. The summed E-state index contributed by atoms with van der Waals surface area (Å²) in [6.07, 6.45) is 0.228. The molecular weight excluding hydrogens is 275 g/mol. The fourth-order valence-electron chi connectivity index (χ4n) is 1.85. The molecule has 0 aliphatic heterocycles. The van der Waals surface area contributed by atoms with Crippen LogP contribution in [0.15, 0.2) is 24.3 Å². The van der Waals surface area contributed by atoms with Crippen LogP contribution in [0.1, 0.15) is 24.9 Å². The molecule has 21 heavy (non-hydrogen) atoms. The van der Waals surface area contributed by atoms with E-state index in [1.54, 1.807) is 18.2 Å². The molecule has 1 amide bonds. The number of nitrogens with one attached hydrogen (secondary N) is 1. The summed E-state index contributed by atoms with van der Waals surface area (Å²) in [5.41, 5.74) is 0.593. The van der Waals surface area contributed by atoms with E-state index in [2.05, 4.69) is 10.1 Å². The average Bonchev–Trinajstić information content (AvgIpc) is 2.49. The standard InChI is InChI=1S/C15H21FN2O3/c1-11(12-6-4-5-7-13(12)16)18(2)9-8-14(19)17-10-15(20)21-3/h4-7,11H,8-10H2,1-3H3,(H,17,19). The molecule has 0 aromatic heterocycles. The summed E-state index contributed by atoms with van der Waals surface area (Å²) in [4.78, 5) is 24.4. The number of halogens is 1. The zero-order valence-corrected chi connectivity index (χ0v) is 12.6. The summed E-state index contributed by atoms with van der Waals surface area (Å²) in [5.74, 6) is -0.989. The number of rotatable bonds is 7.